The van der Waals surface area contributed by atoms with Crippen molar-refractivity contribution in [1.29, 1.82) is 0 Å². The zero-order valence-electron chi connectivity index (χ0n) is 10.6. The average Bonchev–Trinajstić information content (AvgIpc) is 2.28. The quantitative estimate of drug-likeness (QED) is 0.509. The fourth-order valence-electron chi connectivity index (χ4n) is 1.40. The number of nitrogens with zero attached hydrogens (tertiary/aromatic N) is 4. The summed E-state index contributed by atoms with van der Waals surface area (Å²) in [5.41, 5.74) is 6.75. The van der Waals surface area contributed by atoms with Gasteiger partial charge in [0.2, 0.25) is 0 Å². The zero-order chi connectivity index (χ0) is 12.0. The van der Waals surface area contributed by atoms with Crippen LogP contribution in [0.3, 0.4) is 0 Å². The molecule has 17 heavy (non-hydrogen) atoms. The summed E-state index contributed by atoms with van der Waals surface area (Å²) in [7, 11) is 0. The summed E-state index contributed by atoms with van der Waals surface area (Å²) in [5, 5.41) is 0. The maximum Gasteiger partial charge on any atom is 0.191 e. The molecule has 0 saturated carbocycles. The van der Waals surface area contributed by atoms with E-state index >= 15 is 0 Å². The molecule has 0 bridgehead atoms. The number of aryl methyl sites for hydroxylation is 1. The molecule has 96 valence electrons. The Morgan fingerprint density at radius 3 is 2.59 bits per heavy atom. The Kier molecular flexibility index (Phi) is 7.77. The van der Waals surface area contributed by atoms with Gasteiger partial charge in [-0.25, -0.2) is 15.0 Å². The van der Waals surface area contributed by atoms with Crippen molar-refractivity contribution in [3.63, 3.8) is 0 Å². The Balaban J connectivity index is 0.00000256. The summed E-state index contributed by atoms with van der Waals surface area (Å²) in [6.45, 7) is 8.22. The molecule has 0 aliphatic carbocycles. The lowest BCUT2D eigenvalue weighted by molar-refractivity contribution is 0.458. The van der Waals surface area contributed by atoms with Crippen molar-refractivity contribution in [3.05, 3.63) is 23.8 Å². The monoisotopic (exact) mass is 349 g/mol. The van der Waals surface area contributed by atoms with Crippen LogP contribution >= 0.6 is 24.0 Å². The summed E-state index contributed by atoms with van der Waals surface area (Å²) < 4.78 is 0. The molecule has 0 radical (unpaired) electrons. The first kappa shape index (κ1) is 16.1. The summed E-state index contributed by atoms with van der Waals surface area (Å²) in [6.07, 6.45) is 1.74. The summed E-state index contributed by atoms with van der Waals surface area (Å²) in [4.78, 5) is 14.6. The number of rotatable bonds is 4. The van der Waals surface area contributed by atoms with Gasteiger partial charge in [0.1, 0.15) is 5.82 Å². The maximum absolute atomic E-state index is 5.86. The Hall–Kier alpha value is -0.920. The largest absolute Gasteiger partial charge is 0.370 e. The predicted octanol–water partition coefficient (Wildman–Crippen LogP) is 1.56. The zero-order valence-corrected chi connectivity index (χ0v) is 12.9. The van der Waals surface area contributed by atoms with E-state index in [9.17, 15) is 0 Å². The van der Waals surface area contributed by atoms with Gasteiger partial charge in [0, 0.05) is 19.3 Å². The molecule has 1 aromatic heterocycles. The van der Waals surface area contributed by atoms with Crippen molar-refractivity contribution < 1.29 is 0 Å². The highest BCUT2D eigenvalue weighted by atomic mass is 127. The van der Waals surface area contributed by atoms with Crippen molar-refractivity contribution in [2.24, 2.45) is 10.7 Å². The summed E-state index contributed by atoms with van der Waals surface area (Å²) in [5.74, 6) is 1.33. The first-order chi connectivity index (χ1) is 7.67. The minimum absolute atomic E-state index is 0. The lowest BCUT2D eigenvalue weighted by Gasteiger charge is -2.19. The van der Waals surface area contributed by atoms with Crippen LogP contribution in [0.5, 0.6) is 0 Å². The molecule has 0 amide bonds. The predicted molar refractivity (Wildman–Crippen MR) is 80.4 cm³/mol. The van der Waals surface area contributed by atoms with Crippen LogP contribution in [0.15, 0.2) is 17.3 Å². The van der Waals surface area contributed by atoms with Crippen LogP contribution in [0.4, 0.5) is 0 Å². The van der Waals surface area contributed by atoms with Gasteiger partial charge in [-0.1, -0.05) is 0 Å². The van der Waals surface area contributed by atoms with Gasteiger partial charge < -0.3 is 10.6 Å². The number of aromatic nitrogens is 2. The summed E-state index contributed by atoms with van der Waals surface area (Å²) in [6, 6.07) is 1.85. The van der Waals surface area contributed by atoms with Gasteiger partial charge in [0.25, 0.3) is 0 Å². The van der Waals surface area contributed by atoms with E-state index in [0.717, 1.165) is 24.6 Å². The first-order valence-corrected chi connectivity index (χ1v) is 5.50. The number of nitrogens with two attached hydrogens (primary N) is 1. The molecule has 0 saturated heterocycles. The molecule has 0 aromatic carbocycles. The molecule has 1 heterocycles. The fourth-order valence-corrected chi connectivity index (χ4v) is 1.40. The fraction of sp³-hybridized carbons (Fsp3) is 0.545. The van der Waals surface area contributed by atoms with Gasteiger partial charge in [-0.15, -0.1) is 24.0 Å². The molecule has 6 heteroatoms. The van der Waals surface area contributed by atoms with Crippen molar-refractivity contribution in [3.8, 4) is 0 Å². The standard InChI is InChI=1S/C11H19N5.HI/c1-4-16(5-2)11(12)14-8-10-6-7-13-9(3)15-10;/h6-7H,4-5,8H2,1-3H3,(H2,12,14);1H. The Bertz CT molecular complexity index is 363. The lowest BCUT2D eigenvalue weighted by atomic mass is 10.4. The number of guanidine groups is 1. The second-order valence-corrected chi connectivity index (χ2v) is 3.44. The van der Waals surface area contributed by atoms with E-state index in [1.54, 1.807) is 6.20 Å². The van der Waals surface area contributed by atoms with Gasteiger partial charge >= 0.3 is 0 Å². The number of hydrogen-bond acceptors (Lipinski definition) is 3. The molecule has 0 spiro atoms. The average molecular weight is 349 g/mol. The Morgan fingerprint density at radius 2 is 2.06 bits per heavy atom. The Morgan fingerprint density at radius 1 is 1.41 bits per heavy atom. The summed E-state index contributed by atoms with van der Waals surface area (Å²) >= 11 is 0. The van der Waals surface area contributed by atoms with Gasteiger partial charge in [-0.05, 0) is 26.8 Å². The van der Waals surface area contributed by atoms with E-state index in [2.05, 4.69) is 28.8 Å². The lowest BCUT2D eigenvalue weighted by Crippen LogP contribution is -2.37. The second kappa shape index (κ2) is 8.21. The van der Waals surface area contributed by atoms with Crippen molar-refractivity contribution in [2.45, 2.75) is 27.3 Å². The second-order valence-electron chi connectivity index (χ2n) is 3.44. The highest BCUT2D eigenvalue weighted by molar-refractivity contribution is 14.0. The molecule has 2 N–H and O–H groups in total. The molecule has 0 fully saturated rings. The smallest absolute Gasteiger partial charge is 0.191 e. The highest BCUT2D eigenvalue weighted by Gasteiger charge is 2.02. The van der Waals surface area contributed by atoms with Crippen molar-refractivity contribution >= 4 is 29.9 Å². The molecular formula is C11H20IN5. The minimum atomic E-state index is 0. The highest BCUT2D eigenvalue weighted by Crippen LogP contribution is 1.97. The van der Waals surface area contributed by atoms with Gasteiger partial charge in [0.15, 0.2) is 5.96 Å². The van der Waals surface area contributed by atoms with Gasteiger partial charge in [-0.3, -0.25) is 0 Å². The van der Waals surface area contributed by atoms with Crippen molar-refractivity contribution in [1.82, 2.24) is 14.9 Å². The van der Waals surface area contributed by atoms with Crippen LogP contribution in [-0.4, -0.2) is 33.9 Å². The van der Waals surface area contributed by atoms with E-state index in [0.29, 0.717) is 12.5 Å². The van der Waals surface area contributed by atoms with E-state index in [1.807, 2.05) is 17.9 Å². The van der Waals surface area contributed by atoms with E-state index < -0.39 is 0 Å². The number of halogens is 1. The SMILES string of the molecule is CCN(CC)C(N)=NCc1ccnc(C)n1.I. The van der Waals surface area contributed by atoms with Crippen LogP contribution in [-0.2, 0) is 6.54 Å². The van der Waals surface area contributed by atoms with Crippen LogP contribution in [0, 0.1) is 6.92 Å². The topological polar surface area (TPSA) is 67.4 Å². The molecule has 0 atom stereocenters. The molecule has 0 aliphatic heterocycles. The number of hydrogen-bond donors (Lipinski definition) is 1. The normalized spacial score (nSPS) is 10.9. The van der Waals surface area contributed by atoms with Gasteiger partial charge in [0.05, 0.1) is 12.2 Å². The van der Waals surface area contributed by atoms with Crippen LogP contribution in [0.1, 0.15) is 25.4 Å². The van der Waals surface area contributed by atoms with Crippen molar-refractivity contribution in [2.75, 3.05) is 13.1 Å². The third-order valence-corrected chi connectivity index (χ3v) is 2.32. The molecule has 5 nitrogen and oxygen atoms in total. The molecular weight excluding hydrogens is 329 g/mol. The number of aliphatic imine (C=N–C) groups is 1. The Labute approximate surface area is 120 Å². The van der Waals surface area contributed by atoms with Gasteiger partial charge in [-0.2, -0.15) is 0 Å². The van der Waals surface area contributed by atoms with E-state index in [-0.39, 0.29) is 24.0 Å². The van der Waals surface area contributed by atoms with E-state index in [4.69, 9.17) is 5.73 Å². The van der Waals surface area contributed by atoms with Crippen LogP contribution in [0.25, 0.3) is 0 Å². The molecule has 0 unspecified atom stereocenters. The molecule has 1 aromatic rings. The molecule has 1 rings (SSSR count). The third kappa shape index (κ3) is 5.29. The maximum atomic E-state index is 5.86. The minimum Gasteiger partial charge on any atom is -0.370 e. The van der Waals surface area contributed by atoms with E-state index in [1.165, 1.54) is 0 Å². The van der Waals surface area contributed by atoms with Crippen LogP contribution in [0.2, 0.25) is 0 Å². The molecule has 0 aliphatic rings. The third-order valence-electron chi connectivity index (χ3n) is 2.32. The first-order valence-electron chi connectivity index (χ1n) is 5.50. The van der Waals surface area contributed by atoms with Crippen LogP contribution < -0.4 is 5.73 Å².